The minimum Gasteiger partial charge on any atom is -0.492 e. The van der Waals surface area contributed by atoms with Crippen LogP contribution in [-0.4, -0.2) is 11.6 Å². The van der Waals surface area contributed by atoms with Crippen molar-refractivity contribution in [2.24, 2.45) is 0 Å². The van der Waals surface area contributed by atoms with Gasteiger partial charge >= 0.3 is 0 Å². The number of benzene rings is 1. The number of rotatable bonds is 5. The van der Waals surface area contributed by atoms with Crippen molar-refractivity contribution in [1.82, 2.24) is 4.98 Å². The highest BCUT2D eigenvalue weighted by Crippen LogP contribution is 2.17. The summed E-state index contributed by atoms with van der Waals surface area (Å²) in [5, 5.41) is 4.01. The third kappa shape index (κ3) is 3.64. The number of anilines is 1. The molecule has 0 fully saturated rings. The standard InChI is InChI=1S/C14H15ClN2O/c1-2-18-14-6-11(8-16-10-14)9-17-13-5-3-4-12(15)7-13/h3-8,10,17H,2,9H2,1H3. The van der Waals surface area contributed by atoms with E-state index in [0.717, 1.165) is 22.0 Å². The molecule has 4 heteroatoms. The Balaban J connectivity index is 1.99. The number of hydrogen-bond acceptors (Lipinski definition) is 3. The molecule has 0 aliphatic heterocycles. The van der Waals surface area contributed by atoms with E-state index in [1.54, 1.807) is 6.20 Å². The average molecular weight is 263 g/mol. The zero-order valence-electron chi connectivity index (χ0n) is 10.2. The zero-order chi connectivity index (χ0) is 12.8. The molecule has 18 heavy (non-hydrogen) atoms. The maximum absolute atomic E-state index is 5.92. The molecule has 0 amide bonds. The number of hydrogen-bond donors (Lipinski definition) is 1. The predicted octanol–water partition coefficient (Wildman–Crippen LogP) is 3.75. The summed E-state index contributed by atoms with van der Waals surface area (Å²) < 4.78 is 5.41. The molecular formula is C14H15ClN2O. The van der Waals surface area contributed by atoms with Crippen LogP contribution in [-0.2, 0) is 6.54 Å². The summed E-state index contributed by atoms with van der Waals surface area (Å²) in [6.07, 6.45) is 3.53. The van der Waals surface area contributed by atoms with E-state index in [4.69, 9.17) is 16.3 Å². The molecule has 0 radical (unpaired) electrons. The van der Waals surface area contributed by atoms with Gasteiger partial charge in [0.05, 0.1) is 12.8 Å². The van der Waals surface area contributed by atoms with E-state index in [-0.39, 0.29) is 0 Å². The fourth-order valence-electron chi connectivity index (χ4n) is 1.61. The number of aromatic nitrogens is 1. The van der Waals surface area contributed by atoms with Crippen LogP contribution in [0.2, 0.25) is 5.02 Å². The first-order chi connectivity index (χ1) is 8.78. The Labute approximate surface area is 112 Å². The SMILES string of the molecule is CCOc1cncc(CNc2cccc(Cl)c2)c1. The molecule has 1 aromatic heterocycles. The highest BCUT2D eigenvalue weighted by molar-refractivity contribution is 6.30. The molecular weight excluding hydrogens is 248 g/mol. The van der Waals surface area contributed by atoms with E-state index in [1.807, 2.05) is 43.5 Å². The molecule has 2 rings (SSSR count). The van der Waals surface area contributed by atoms with Crippen LogP contribution in [0.25, 0.3) is 0 Å². The quantitative estimate of drug-likeness (QED) is 0.891. The Morgan fingerprint density at radius 1 is 1.28 bits per heavy atom. The number of halogens is 1. The van der Waals surface area contributed by atoms with Crippen molar-refractivity contribution in [1.29, 1.82) is 0 Å². The summed E-state index contributed by atoms with van der Waals surface area (Å²) in [4.78, 5) is 4.14. The molecule has 1 N–H and O–H groups in total. The fraction of sp³-hybridized carbons (Fsp3) is 0.214. The lowest BCUT2D eigenvalue weighted by Crippen LogP contribution is -2.01. The number of nitrogens with one attached hydrogen (secondary N) is 1. The summed E-state index contributed by atoms with van der Waals surface area (Å²) in [5.74, 6) is 0.794. The zero-order valence-corrected chi connectivity index (χ0v) is 10.9. The van der Waals surface area contributed by atoms with Gasteiger partial charge in [0.25, 0.3) is 0 Å². The van der Waals surface area contributed by atoms with Crippen LogP contribution in [0.1, 0.15) is 12.5 Å². The summed E-state index contributed by atoms with van der Waals surface area (Å²) in [7, 11) is 0. The number of nitrogens with zero attached hydrogens (tertiary/aromatic N) is 1. The minimum atomic E-state index is 0.646. The minimum absolute atomic E-state index is 0.646. The van der Waals surface area contributed by atoms with Gasteiger partial charge in [-0.25, -0.2) is 0 Å². The fourth-order valence-corrected chi connectivity index (χ4v) is 1.80. The molecule has 1 heterocycles. The van der Waals surface area contributed by atoms with Gasteiger partial charge in [-0.2, -0.15) is 0 Å². The molecule has 1 aromatic carbocycles. The van der Waals surface area contributed by atoms with Crippen molar-refractivity contribution >= 4 is 17.3 Å². The van der Waals surface area contributed by atoms with Crippen LogP contribution in [0.5, 0.6) is 5.75 Å². The molecule has 0 unspecified atom stereocenters. The molecule has 2 aromatic rings. The highest BCUT2D eigenvalue weighted by atomic mass is 35.5. The summed E-state index contributed by atoms with van der Waals surface area (Å²) in [6, 6.07) is 9.62. The van der Waals surface area contributed by atoms with Crippen molar-refractivity contribution in [3.63, 3.8) is 0 Å². The van der Waals surface area contributed by atoms with Crippen molar-refractivity contribution in [2.45, 2.75) is 13.5 Å². The molecule has 0 saturated heterocycles. The van der Waals surface area contributed by atoms with E-state index in [2.05, 4.69) is 10.3 Å². The van der Waals surface area contributed by atoms with E-state index in [1.165, 1.54) is 0 Å². The van der Waals surface area contributed by atoms with Gasteiger partial charge in [0.2, 0.25) is 0 Å². The van der Waals surface area contributed by atoms with Gasteiger partial charge in [0.1, 0.15) is 5.75 Å². The van der Waals surface area contributed by atoms with Crippen molar-refractivity contribution in [3.8, 4) is 5.75 Å². The maximum Gasteiger partial charge on any atom is 0.137 e. The van der Waals surface area contributed by atoms with E-state index in [9.17, 15) is 0 Å². The van der Waals surface area contributed by atoms with Gasteiger partial charge in [0.15, 0.2) is 0 Å². The van der Waals surface area contributed by atoms with Crippen molar-refractivity contribution in [3.05, 3.63) is 53.3 Å². The second kappa shape index (κ2) is 6.26. The van der Waals surface area contributed by atoms with Crippen LogP contribution >= 0.6 is 11.6 Å². The number of pyridine rings is 1. The van der Waals surface area contributed by atoms with Crippen molar-refractivity contribution in [2.75, 3.05) is 11.9 Å². The predicted molar refractivity (Wildman–Crippen MR) is 74.2 cm³/mol. The lowest BCUT2D eigenvalue weighted by Gasteiger charge is -2.08. The molecule has 0 aliphatic carbocycles. The smallest absolute Gasteiger partial charge is 0.137 e. The van der Waals surface area contributed by atoms with Crippen LogP contribution in [0.15, 0.2) is 42.7 Å². The van der Waals surface area contributed by atoms with Crippen LogP contribution in [0.4, 0.5) is 5.69 Å². The van der Waals surface area contributed by atoms with Gasteiger partial charge < -0.3 is 10.1 Å². The largest absolute Gasteiger partial charge is 0.492 e. The number of ether oxygens (including phenoxy) is 1. The van der Waals surface area contributed by atoms with Gasteiger partial charge in [-0.05, 0) is 36.8 Å². The molecule has 3 nitrogen and oxygen atoms in total. The molecule has 94 valence electrons. The van der Waals surface area contributed by atoms with Crippen LogP contribution in [0, 0.1) is 0 Å². The summed E-state index contributed by atoms with van der Waals surface area (Å²) >= 11 is 5.92. The van der Waals surface area contributed by atoms with Crippen LogP contribution < -0.4 is 10.1 Å². The second-order valence-corrected chi connectivity index (χ2v) is 4.26. The molecule has 0 saturated carbocycles. The Kier molecular flexibility index (Phi) is 4.42. The first-order valence-corrected chi connectivity index (χ1v) is 6.22. The van der Waals surface area contributed by atoms with E-state index in [0.29, 0.717) is 13.2 Å². The van der Waals surface area contributed by atoms with Gasteiger partial charge in [-0.1, -0.05) is 17.7 Å². The summed E-state index contributed by atoms with van der Waals surface area (Å²) in [5.41, 5.74) is 2.06. The highest BCUT2D eigenvalue weighted by Gasteiger charge is 1.98. The average Bonchev–Trinajstić information content (AvgIpc) is 2.37. The molecule has 0 bridgehead atoms. The van der Waals surface area contributed by atoms with Gasteiger partial charge in [0, 0.05) is 23.5 Å². The van der Waals surface area contributed by atoms with Crippen LogP contribution in [0.3, 0.4) is 0 Å². The Bertz CT molecular complexity index is 517. The van der Waals surface area contributed by atoms with Crippen molar-refractivity contribution < 1.29 is 4.74 Å². The molecule has 0 atom stereocenters. The monoisotopic (exact) mass is 262 g/mol. The maximum atomic E-state index is 5.92. The molecule has 0 aliphatic rings. The Hall–Kier alpha value is -1.74. The molecule has 0 spiro atoms. The normalized spacial score (nSPS) is 10.1. The first-order valence-electron chi connectivity index (χ1n) is 5.84. The van der Waals surface area contributed by atoms with Gasteiger partial charge in [-0.15, -0.1) is 0 Å². The third-order valence-corrected chi connectivity index (χ3v) is 2.64. The second-order valence-electron chi connectivity index (χ2n) is 3.83. The first kappa shape index (κ1) is 12.7. The van der Waals surface area contributed by atoms with E-state index >= 15 is 0 Å². The third-order valence-electron chi connectivity index (χ3n) is 2.40. The Morgan fingerprint density at radius 2 is 2.17 bits per heavy atom. The lowest BCUT2D eigenvalue weighted by atomic mass is 10.2. The topological polar surface area (TPSA) is 34.1 Å². The lowest BCUT2D eigenvalue weighted by molar-refractivity contribution is 0.338. The van der Waals surface area contributed by atoms with Gasteiger partial charge in [-0.3, -0.25) is 4.98 Å². The summed E-state index contributed by atoms with van der Waals surface area (Å²) in [6.45, 7) is 3.29. The Morgan fingerprint density at radius 3 is 2.94 bits per heavy atom. The van der Waals surface area contributed by atoms with E-state index < -0.39 is 0 Å².